The lowest BCUT2D eigenvalue weighted by Gasteiger charge is -2.17. The molecule has 0 bridgehead atoms. The number of nitrogens with zero attached hydrogens (tertiary/aromatic N) is 2. The zero-order chi connectivity index (χ0) is 14.0. The third-order valence-electron chi connectivity index (χ3n) is 2.87. The minimum Gasteiger partial charge on any atom is -0.300 e. The number of hydrogen-bond acceptors (Lipinski definition) is 5. The van der Waals surface area contributed by atoms with Crippen LogP contribution in [0.4, 0.5) is 0 Å². The molecule has 0 amide bonds. The number of thiazole rings is 2. The van der Waals surface area contributed by atoms with Gasteiger partial charge in [-0.2, -0.15) is 0 Å². The van der Waals surface area contributed by atoms with Crippen molar-refractivity contribution in [3.05, 3.63) is 31.7 Å². The fraction of sp³-hybridized carbons (Fsp3) is 0.571. The van der Waals surface area contributed by atoms with E-state index in [1.165, 1.54) is 10.6 Å². The minimum atomic E-state index is 0.127. The van der Waals surface area contributed by atoms with Gasteiger partial charge in [-0.3, -0.25) is 0 Å². The molecule has 0 radical (unpaired) electrons. The lowest BCUT2D eigenvalue weighted by atomic mass is 10.2. The van der Waals surface area contributed by atoms with Gasteiger partial charge in [0.05, 0.1) is 5.69 Å². The van der Waals surface area contributed by atoms with Crippen LogP contribution < -0.4 is 5.32 Å². The first-order valence-corrected chi connectivity index (χ1v) is 8.35. The first-order valence-electron chi connectivity index (χ1n) is 6.65. The van der Waals surface area contributed by atoms with Gasteiger partial charge in [-0.05, 0) is 34.1 Å². The molecule has 0 aliphatic rings. The molecule has 2 rings (SSSR count). The van der Waals surface area contributed by atoms with Gasteiger partial charge >= 0.3 is 0 Å². The quantitative estimate of drug-likeness (QED) is 0.910. The Balaban J connectivity index is 2.36. The molecule has 104 valence electrons. The molecule has 0 aliphatic heterocycles. The van der Waals surface area contributed by atoms with Gasteiger partial charge in [0.25, 0.3) is 0 Å². The Morgan fingerprint density at radius 2 is 1.95 bits per heavy atom. The molecular weight excluding hydrogens is 274 g/mol. The lowest BCUT2D eigenvalue weighted by molar-refractivity contribution is 0.524. The smallest absolute Gasteiger partial charge is 0.117 e. The van der Waals surface area contributed by atoms with Crippen molar-refractivity contribution in [2.75, 3.05) is 0 Å². The Morgan fingerprint density at radius 1 is 1.21 bits per heavy atom. The molecule has 0 fully saturated rings. The summed E-state index contributed by atoms with van der Waals surface area (Å²) in [5.41, 5.74) is 2.29. The van der Waals surface area contributed by atoms with E-state index >= 15 is 0 Å². The Morgan fingerprint density at radius 3 is 2.42 bits per heavy atom. The van der Waals surface area contributed by atoms with Gasteiger partial charge in [0.15, 0.2) is 0 Å². The highest BCUT2D eigenvalue weighted by Gasteiger charge is 2.22. The van der Waals surface area contributed by atoms with Gasteiger partial charge in [0.1, 0.15) is 16.1 Å². The molecule has 1 atom stereocenters. The largest absolute Gasteiger partial charge is 0.300 e. The fourth-order valence-electron chi connectivity index (χ4n) is 1.99. The molecule has 0 spiro atoms. The van der Waals surface area contributed by atoms with Crippen LogP contribution in [0.15, 0.2) is 5.38 Å². The standard InChI is InChI=1S/C14H21N3S2/c1-6-11-10(5)19-14(17-11)12(15-8(2)3)13-16-9(4)7-18-13/h7-8,12,15H,6H2,1-5H3. The molecule has 0 saturated heterocycles. The van der Waals surface area contributed by atoms with Gasteiger partial charge in [0, 0.05) is 22.0 Å². The number of rotatable bonds is 5. The van der Waals surface area contributed by atoms with Crippen LogP contribution in [0.25, 0.3) is 0 Å². The molecule has 2 aromatic heterocycles. The summed E-state index contributed by atoms with van der Waals surface area (Å²) in [5, 5.41) is 7.94. The summed E-state index contributed by atoms with van der Waals surface area (Å²) in [6, 6.07) is 0.534. The van der Waals surface area contributed by atoms with Crippen LogP contribution in [0.3, 0.4) is 0 Å². The molecule has 0 saturated carbocycles. The van der Waals surface area contributed by atoms with E-state index in [9.17, 15) is 0 Å². The van der Waals surface area contributed by atoms with Crippen LogP contribution in [0.5, 0.6) is 0 Å². The molecule has 5 heteroatoms. The van der Waals surface area contributed by atoms with Gasteiger partial charge in [-0.15, -0.1) is 22.7 Å². The van der Waals surface area contributed by atoms with Crippen molar-refractivity contribution in [1.29, 1.82) is 0 Å². The van der Waals surface area contributed by atoms with Crippen molar-refractivity contribution >= 4 is 22.7 Å². The van der Waals surface area contributed by atoms with Crippen molar-refractivity contribution in [3.8, 4) is 0 Å². The van der Waals surface area contributed by atoms with Crippen LogP contribution in [0.1, 0.15) is 53.1 Å². The van der Waals surface area contributed by atoms with Crippen LogP contribution in [0.2, 0.25) is 0 Å². The molecule has 1 unspecified atom stereocenters. The van der Waals surface area contributed by atoms with E-state index in [1.807, 2.05) is 6.92 Å². The van der Waals surface area contributed by atoms with Crippen molar-refractivity contribution in [2.45, 2.75) is 53.1 Å². The Kier molecular flexibility index (Phi) is 4.71. The van der Waals surface area contributed by atoms with Crippen LogP contribution in [-0.4, -0.2) is 16.0 Å². The average molecular weight is 295 g/mol. The summed E-state index contributed by atoms with van der Waals surface area (Å²) in [6.45, 7) is 10.7. The van der Waals surface area contributed by atoms with Crippen LogP contribution >= 0.6 is 22.7 Å². The summed E-state index contributed by atoms with van der Waals surface area (Å²) < 4.78 is 0. The minimum absolute atomic E-state index is 0.127. The molecule has 2 heterocycles. The van der Waals surface area contributed by atoms with E-state index in [0.717, 1.165) is 22.1 Å². The summed E-state index contributed by atoms with van der Waals surface area (Å²) >= 11 is 3.50. The van der Waals surface area contributed by atoms with E-state index in [0.29, 0.717) is 6.04 Å². The van der Waals surface area contributed by atoms with E-state index in [-0.39, 0.29) is 6.04 Å². The SMILES string of the molecule is CCc1nc(C(NC(C)C)c2nc(C)cs2)sc1C. The zero-order valence-corrected chi connectivity index (χ0v) is 13.8. The highest BCUT2D eigenvalue weighted by Crippen LogP contribution is 2.30. The maximum atomic E-state index is 4.79. The van der Waals surface area contributed by atoms with Crippen molar-refractivity contribution in [2.24, 2.45) is 0 Å². The first kappa shape index (κ1) is 14.6. The van der Waals surface area contributed by atoms with Gasteiger partial charge in [-0.1, -0.05) is 6.92 Å². The second-order valence-corrected chi connectivity index (χ2v) is 7.11. The predicted molar refractivity (Wildman–Crippen MR) is 83.2 cm³/mol. The topological polar surface area (TPSA) is 37.8 Å². The van der Waals surface area contributed by atoms with E-state index in [2.05, 4.69) is 43.4 Å². The second-order valence-electron chi connectivity index (χ2n) is 4.99. The number of nitrogens with one attached hydrogen (secondary N) is 1. The fourth-order valence-corrected chi connectivity index (χ4v) is 3.99. The van der Waals surface area contributed by atoms with Crippen molar-refractivity contribution in [3.63, 3.8) is 0 Å². The second kappa shape index (κ2) is 6.11. The third-order valence-corrected chi connectivity index (χ3v) is 4.98. The highest BCUT2D eigenvalue weighted by molar-refractivity contribution is 7.12. The van der Waals surface area contributed by atoms with Crippen LogP contribution in [-0.2, 0) is 6.42 Å². The molecule has 2 aromatic rings. The van der Waals surface area contributed by atoms with Gasteiger partial charge in [0.2, 0.25) is 0 Å². The van der Waals surface area contributed by atoms with E-state index in [1.54, 1.807) is 22.7 Å². The van der Waals surface area contributed by atoms with E-state index < -0.39 is 0 Å². The van der Waals surface area contributed by atoms with Gasteiger partial charge < -0.3 is 5.32 Å². The molecule has 1 N–H and O–H groups in total. The van der Waals surface area contributed by atoms with Crippen molar-refractivity contribution in [1.82, 2.24) is 15.3 Å². The first-order chi connectivity index (χ1) is 9.01. The average Bonchev–Trinajstić information content (AvgIpc) is 2.92. The Bertz CT molecular complexity index is 543. The predicted octanol–water partition coefficient (Wildman–Crippen LogP) is 3.87. The van der Waals surface area contributed by atoms with Crippen LogP contribution in [0, 0.1) is 13.8 Å². The lowest BCUT2D eigenvalue weighted by Crippen LogP contribution is -2.28. The summed E-state index contributed by atoms with van der Waals surface area (Å²) in [6.07, 6.45) is 0.994. The van der Waals surface area contributed by atoms with Crippen molar-refractivity contribution < 1.29 is 0 Å². The number of hydrogen-bond donors (Lipinski definition) is 1. The highest BCUT2D eigenvalue weighted by atomic mass is 32.1. The maximum Gasteiger partial charge on any atom is 0.117 e. The molecule has 0 aromatic carbocycles. The Labute approximate surface area is 123 Å². The Hall–Kier alpha value is -0.780. The zero-order valence-electron chi connectivity index (χ0n) is 12.2. The summed E-state index contributed by atoms with van der Waals surface area (Å²) in [4.78, 5) is 10.7. The number of aromatic nitrogens is 2. The molecular formula is C14H21N3S2. The number of aryl methyl sites for hydroxylation is 3. The van der Waals surface area contributed by atoms with Gasteiger partial charge in [-0.25, -0.2) is 9.97 Å². The molecule has 0 aliphatic carbocycles. The summed E-state index contributed by atoms with van der Waals surface area (Å²) in [7, 11) is 0. The molecule has 19 heavy (non-hydrogen) atoms. The molecule has 3 nitrogen and oxygen atoms in total. The summed E-state index contributed by atoms with van der Waals surface area (Å²) in [5.74, 6) is 0. The maximum absolute atomic E-state index is 4.79. The third kappa shape index (κ3) is 3.41. The monoisotopic (exact) mass is 295 g/mol. The normalized spacial score (nSPS) is 13.2. The van der Waals surface area contributed by atoms with E-state index in [4.69, 9.17) is 4.98 Å².